The number of thioether (sulfide) groups is 1. The zero-order valence-electron chi connectivity index (χ0n) is 18.8. The lowest BCUT2D eigenvalue weighted by molar-refractivity contribution is -0.126. The SMILES string of the molecule is Cc1ccccc1CSCCNC(=O)C1CCN(Cc2nc(-c3ccc(Cl)cc3)no2)CC1. The van der Waals surface area contributed by atoms with E-state index >= 15 is 0 Å². The predicted octanol–water partition coefficient (Wildman–Crippen LogP) is 4.96. The fourth-order valence-corrected chi connectivity index (χ4v) is 4.99. The summed E-state index contributed by atoms with van der Waals surface area (Å²) in [6, 6.07) is 15.8. The van der Waals surface area contributed by atoms with E-state index in [2.05, 4.69) is 51.5 Å². The summed E-state index contributed by atoms with van der Waals surface area (Å²) in [7, 11) is 0. The van der Waals surface area contributed by atoms with Gasteiger partial charge in [0.15, 0.2) is 0 Å². The molecule has 2 aromatic carbocycles. The van der Waals surface area contributed by atoms with Crippen molar-refractivity contribution >= 4 is 29.3 Å². The number of hydrogen-bond donors (Lipinski definition) is 1. The Morgan fingerprint density at radius 1 is 1.18 bits per heavy atom. The van der Waals surface area contributed by atoms with E-state index < -0.39 is 0 Å². The van der Waals surface area contributed by atoms with Crippen LogP contribution in [-0.2, 0) is 17.1 Å². The van der Waals surface area contributed by atoms with Gasteiger partial charge in [-0.15, -0.1) is 0 Å². The van der Waals surface area contributed by atoms with Gasteiger partial charge in [-0.2, -0.15) is 16.7 Å². The van der Waals surface area contributed by atoms with Crippen molar-refractivity contribution in [3.8, 4) is 11.4 Å². The Bertz CT molecular complexity index is 1050. The zero-order valence-corrected chi connectivity index (χ0v) is 20.4. The number of rotatable bonds is 9. The number of carbonyl (C=O) groups is 1. The second-order valence-electron chi connectivity index (χ2n) is 8.34. The predicted molar refractivity (Wildman–Crippen MR) is 133 cm³/mol. The van der Waals surface area contributed by atoms with Crippen LogP contribution in [0.25, 0.3) is 11.4 Å². The maximum absolute atomic E-state index is 12.5. The molecule has 1 aromatic heterocycles. The van der Waals surface area contributed by atoms with Gasteiger partial charge in [-0.25, -0.2) is 0 Å². The highest BCUT2D eigenvalue weighted by Crippen LogP contribution is 2.22. The van der Waals surface area contributed by atoms with Gasteiger partial charge < -0.3 is 9.84 Å². The van der Waals surface area contributed by atoms with Gasteiger partial charge in [-0.05, 0) is 68.2 Å². The van der Waals surface area contributed by atoms with Gasteiger partial charge in [0, 0.05) is 34.6 Å². The van der Waals surface area contributed by atoms with Crippen LogP contribution in [0.1, 0.15) is 29.9 Å². The summed E-state index contributed by atoms with van der Waals surface area (Å²) < 4.78 is 5.42. The fraction of sp³-hybridized carbons (Fsp3) is 0.400. The Morgan fingerprint density at radius 2 is 1.94 bits per heavy atom. The summed E-state index contributed by atoms with van der Waals surface area (Å²) in [4.78, 5) is 19.3. The maximum atomic E-state index is 12.5. The smallest absolute Gasteiger partial charge is 0.241 e. The van der Waals surface area contributed by atoms with Gasteiger partial charge >= 0.3 is 0 Å². The molecule has 4 rings (SSSR count). The largest absolute Gasteiger partial charge is 0.355 e. The summed E-state index contributed by atoms with van der Waals surface area (Å²) in [6.45, 7) is 5.15. The lowest BCUT2D eigenvalue weighted by atomic mass is 9.96. The number of piperidine rings is 1. The number of aryl methyl sites for hydroxylation is 1. The van der Waals surface area contributed by atoms with E-state index in [4.69, 9.17) is 16.1 Å². The number of likely N-dealkylation sites (tertiary alicyclic amines) is 1. The molecule has 1 aliphatic rings. The highest BCUT2D eigenvalue weighted by molar-refractivity contribution is 7.98. The summed E-state index contributed by atoms with van der Waals surface area (Å²) in [6.07, 6.45) is 1.70. The molecule has 1 amide bonds. The minimum absolute atomic E-state index is 0.0786. The van der Waals surface area contributed by atoms with E-state index in [-0.39, 0.29) is 11.8 Å². The molecule has 0 spiro atoms. The maximum Gasteiger partial charge on any atom is 0.241 e. The first-order valence-electron chi connectivity index (χ1n) is 11.3. The van der Waals surface area contributed by atoms with Crippen LogP contribution in [0.15, 0.2) is 53.1 Å². The van der Waals surface area contributed by atoms with Crippen molar-refractivity contribution < 1.29 is 9.32 Å². The van der Waals surface area contributed by atoms with E-state index in [0.29, 0.717) is 29.8 Å². The minimum atomic E-state index is 0.0786. The molecule has 3 aromatic rings. The van der Waals surface area contributed by atoms with Gasteiger partial charge in [-0.3, -0.25) is 9.69 Å². The van der Waals surface area contributed by atoms with E-state index in [1.165, 1.54) is 11.1 Å². The molecule has 8 heteroatoms. The number of halogens is 1. The number of hydrogen-bond acceptors (Lipinski definition) is 6. The third-order valence-corrected chi connectivity index (χ3v) is 7.21. The van der Waals surface area contributed by atoms with Crippen LogP contribution < -0.4 is 5.32 Å². The number of aromatic nitrogens is 2. The zero-order chi connectivity index (χ0) is 23.0. The van der Waals surface area contributed by atoms with Gasteiger partial charge in [0.25, 0.3) is 0 Å². The summed E-state index contributed by atoms with van der Waals surface area (Å²) in [5.74, 6) is 3.32. The third-order valence-electron chi connectivity index (χ3n) is 5.95. The Kier molecular flexibility index (Phi) is 8.42. The van der Waals surface area contributed by atoms with Crippen molar-refractivity contribution in [3.05, 3.63) is 70.6 Å². The molecule has 0 atom stereocenters. The average Bonchev–Trinajstić information content (AvgIpc) is 3.29. The monoisotopic (exact) mass is 484 g/mol. The Morgan fingerprint density at radius 3 is 2.70 bits per heavy atom. The lowest BCUT2D eigenvalue weighted by Gasteiger charge is -2.30. The summed E-state index contributed by atoms with van der Waals surface area (Å²) in [5.41, 5.74) is 3.56. The van der Waals surface area contributed by atoms with Crippen molar-refractivity contribution in [2.24, 2.45) is 5.92 Å². The summed E-state index contributed by atoms with van der Waals surface area (Å²) >= 11 is 7.80. The van der Waals surface area contributed by atoms with Crippen molar-refractivity contribution in [1.29, 1.82) is 0 Å². The highest BCUT2D eigenvalue weighted by atomic mass is 35.5. The second-order valence-corrected chi connectivity index (χ2v) is 9.88. The Balaban J connectivity index is 1.14. The van der Waals surface area contributed by atoms with Gasteiger partial charge in [-0.1, -0.05) is 41.0 Å². The first kappa shape index (κ1) is 23.8. The number of amides is 1. The number of carbonyl (C=O) groups excluding carboxylic acids is 1. The number of nitrogens with one attached hydrogen (secondary N) is 1. The van der Waals surface area contributed by atoms with Crippen LogP contribution in [0, 0.1) is 12.8 Å². The Labute approximate surface area is 204 Å². The molecule has 33 heavy (non-hydrogen) atoms. The Hall–Kier alpha value is -2.35. The van der Waals surface area contributed by atoms with E-state index in [9.17, 15) is 4.79 Å². The molecule has 1 saturated heterocycles. The molecular weight excluding hydrogens is 456 g/mol. The van der Waals surface area contributed by atoms with Crippen molar-refractivity contribution in [1.82, 2.24) is 20.4 Å². The molecule has 0 saturated carbocycles. The molecule has 1 aliphatic heterocycles. The van der Waals surface area contributed by atoms with Crippen molar-refractivity contribution in [2.75, 3.05) is 25.4 Å². The van der Waals surface area contributed by atoms with Gasteiger partial charge in [0.1, 0.15) is 0 Å². The van der Waals surface area contributed by atoms with E-state index in [1.54, 1.807) is 0 Å². The first-order valence-corrected chi connectivity index (χ1v) is 12.8. The normalized spacial score (nSPS) is 15.0. The lowest BCUT2D eigenvalue weighted by Crippen LogP contribution is -2.40. The molecule has 0 radical (unpaired) electrons. The molecule has 6 nitrogen and oxygen atoms in total. The van der Waals surface area contributed by atoms with Crippen LogP contribution in [-0.4, -0.2) is 46.3 Å². The quantitative estimate of drug-likeness (QED) is 0.433. The minimum Gasteiger partial charge on any atom is -0.355 e. The second kappa shape index (κ2) is 11.7. The molecule has 0 unspecified atom stereocenters. The number of benzene rings is 2. The highest BCUT2D eigenvalue weighted by Gasteiger charge is 2.25. The molecular formula is C25H29ClN4O2S. The van der Waals surface area contributed by atoms with Gasteiger partial charge in [0.2, 0.25) is 17.6 Å². The standard InChI is InChI=1S/C25H29ClN4O2S/c1-18-4-2-3-5-21(18)17-33-15-12-27-25(31)20-10-13-30(14-11-20)16-23-28-24(29-32-23)19-6-8-22(26)9-7-19/h2-9,20H,10-17H2,1H3,(H,27,31). The van der Waals surface area contributed by atoms with Crippen LogP contribution in [0.4, 0.5) is 0 Å². The first-order chi connectivity index (χ1) is 16.1. The average molecular weight is 485 g/mol. The van der Waals surface area contributed by atoms with Crippen LogP contribution in [0.5, 0.6) is 0 Å². The molecule has 1 fully saturated rings. The fourth-order valence-electron chi connectivity index (χ4n) is 3.92. The summed E-state index contributed by atoms with van der Waals surface area (Å²) in [5, 5.41) is 7.87. The molecule has 0 aliphatic carbocycles. The third kappa shape index (κ3) is 6.82. The molecule has 2 heterocycles. The van der Waals surface area contributed by atoms with Crippen molar-refractivity contribution in [3.63, 3.8) is 0 Å². The number of nitrogens with zero attached hydrogens (tertiary/aromatic N) is 3. The topological polar surface area (TPSA) is 71.3 Å². The van der Waals surface area contributed by atoms with Crippen LogP contribution in [0.2, 0.25) is 5.02 Å². The van der Waals surface area contributed by atoms with Gasteiger partial charge in [0.05, 0.1) is 6.54 Å². The molecule has 1 N–H and O–H groups in total. The van der Waals surface area contributed by atoms with E-state index in [0.717, 1.165) is 43.0 Å². The molecule has 0 bridgehead atoms. The van der Waals surface area contributed by atoms with E-state index in [1.807, 2.05) is 36.0 Å². The molecule has 174 valence electrons. The van der Waals surface area contributed by atoms with Crippen molar-refractivity contribution in [2.45, 2.75) is 32.1 Å². The van der Waals surface area contributed by atoms with Crippen LogP contribution >= 0.6 is 23.4 Å². The van der Waals surface area contributed by atoms with Crippen LogP contribution in [0.3, 0.4) is 0 Å².